The Bertz CT molecular complexity index is 576. The lowest BCUT2D eigenvalue weighted by atomic mass is 10.3. The van der Waals surface area contributed by atoms with E-state index in [9.17, 15) is 27.3 Å². The molecule has 0 radical (unpaired) electrons. The third-order valence-corrected chi connectivity index (χ3v) is 3.00. The summed E-state index contributed by atoms with van der Waals surface area (Å²) in [5, 5.41) is 19.7. The summed E-state index contributed by atoms with van der Waals surface area (Å²) in [6.45, 7) is 0. The lowest BCUT2D eigenvalue weighted by Gasteiger charge is -2.05. The molecule has 11 heteroatoms. The van der Waals surface area contributed by atoms with Crippen molar-refractivity contribution in [3.63, 3.8) is 0 Å². The van der Waals surface area contributed by atoms with Crippen LogP contribution in [0, 0.1) is 10.1 Å². The molecule has 0 saturated heterocycles. The Labute approximate surface area is 97.2 Å². The van der Waals surface area contributed by atoms with Gasteiger partial charge in [-0.2, -0.15) is 0 Å². The molecule has 1 aromatic rings. The van der Waals surface area contributed by atoms with Gasteiger partial charge in [-0.25, -0.2) is 22.2 Å². The highest BCUT2D eigenvalue weighted by Crippen LogP contribution is 2.39. The molecular formula is C6H3ClF2N2O5S. The summed E-state index contributed by atoms with van der Waals surface area (Å²) in [5.41, 5.74) is -2.91. The minimum atomic E-state index is -4.76. The van der Waals surface area contributed by atoms with Gasteiger partial charge in [-0.1, -0.05) is 0 Å². The molecule has 17 heavy (non-hydrogen) atoms. The summed E-state index contributed by atoms with van der Waals surface area (Å²) in [7, 11) is 0.0669. The molecule has 1 heterocycles. The zero-order valence-corrected chi connectivity index (χ0v) is 9.24. The molecule has 7 nitrogen and oxygen atoms in total. The van der Waals surface area contributed by atoms with E-state index in [-0.39, 0.29) is 0 Å². The Morgan fingerprint density at radius 1 is 1.53 bits per heavy atom. The van der Waals surface area contributed by atoms with Crippen molar-refractivity contribution in [1.82, 2.24) is 4.98 Å². The first kappa shape index (κ1) is 13.5. The largest absolute Gasteiger partial charge is 0.505 e. The van der Waals surface area contributed by atoms with Gasteiger partial charge in [0.2, 0.25) is 4.90 Å². The predicted octanol–water partition coefficient (Wildman–Crippen LogP) is 1.56. The van der Waals surface area contributed by atoms with E-state index in [0.717, 1.165) is 0 Å². The number of aromatic nitrogens is 1. The Kier molecular flexibility index (Phi) is 3.48. The maximum absolute atomic E-state index is 12.4. The van der Waals surface area contributed by atoms with Gasteiger partial charge < -0.3 is 5.11 Å². The van der Waals surface area contributed by atoms with Crippen LogP contribution in [0.15, 0.2) is 11.1 Å². The lowest BCUT2D eigenvalue weighted by molar-refractivity contribution is -0.389. The zero-order valence-electron chi connectivity index (χ0n) is 7.67. The third-order valence-electron chi connectivity index (χ3n) is 1.65. The molecule has 0 aliphatic rings. The molecule has 1 N–H and O–H groups in total. The van der Waals surface area contributed by atoms with Crippen LogP contribution in [-0.2, 0) is 9.05 Å². The van der Waals surface area contributed by atoms with Gasteiger partial charge in [0.25, 0.3) is 15.5 Å². The van der Waals surface area contributed by atoms with Gasteiger partial charge in [0.05, 0.1) is 11.1 Å². The van der Waals surface area contributed by atoms with Crippen LogP contribution < -0.4 is 0 Å². The Hall–Kier alpha value is -1.55. The summed E-state index contributed by atoms with van der Waals surface area (Å²) < 4.78 is 46.8. The highest BCUT2D eigenvalue weighted by Gasteiger charge is 2.36. The number of pyridine rings is 1. The van der Waals surface area contributed by atoms with E-state index >= 15 is 0 Å². The number of hydrogen-bond donors (Lipinski definition) is 1. The van der Waals surface area contributed by atoms with Crippen LogP contribution in [0.3, 0.4) is 0 Å². The van der Waals surface area contributed by atoms with Crippen LogP contribution >= 0.6 is 10.7 Å². The Morgan fingerprint density at radius 3 is 2.41 bits per heavy atom. The monoisotopic (exact) mass is 288 g/mol. The van der Waals surface area contributed by atoms with Gasteiger partial charge in [0.1, 0.15) is 0 Å². The quantitative estimate of drug-likeness (QED) is 0.513. The second-order valence-electron chi connectivity index (χ2n) is 2.70. The average Bonchev–Trinajstić information content (AvgIpc) is 2.14. The van der Waals surface area contributed by atoms with Crippen molar-refractivity contribution >= 4 is 25.4 Å². The number of aromatic hydroxyl groups is 1. The fourth-order valence-electron chi connectivity index (χ4n) is 1.06. The van der Waals surface area contributed by atoms with E-state index in [0.29, 0.717) is 6.20 Å². The van der Waals surface area contributed by atoms with Crippen LogP contribution in [0.4, 0.5) is 14.5 Å². The van der Waals surface area contributed by atoms with Crippen molar-refractivity contribution < 1.29 is 27.2 Å². The first-order chi connectivity index (χ1) is 7.66. The van der Waals surface area contributed by atoms with E-state index in [2.05, 4.69) is 4.98 Å². The fraction of sp³-hybridized carbons (Fsp3) is 0.167. The SMILES string of the molecule is O=[N+]([O-])c1c(C(F)F)ncc(O)c1S(=O)(=O)Cl. The minimum absolute atomic E-state index is 0.351. The summed E-state index contributed by atoms with van der Waals surface area (Å²) in [6.07, 6.45) is -3.03. The molecule has 0 spiro atoms. The van der Waals surface area contributed by atoms with Crippen molar-refractivity contribution in [3.05, 3.63) is 22.0 Å². The van der Waals surface area contributed by atoms with Gasteiger partial charge in [-0.05, 0) is 0 Å². The average molecular weight is 289 g/mol. The third kappa shape index (κ3) is 2.58. The van der Waals surface area contributed by atoms with Crippen LogP contribution in [0.1, 0.15) is 12.1 Å². The van der Waals surface area contributed by atoms with E-state index in [1.54, 1.807) is 0 Å². The van der Waals surface area contributed by atoms with E-state index < -0.39 is 42.4 Å². The summed E-state index contributed by atoms with van der Waals surface area (Å²) >= 11 is 0. The van der Waals surface area contributed by atoms with Gasteiger partial charge in [-0.15, -0.1) is 0 Å². The highest BCUT2D eigenvalue weighted by molar-refractivity contribution is 8.14. The molecule has 0 unspecified atom stereocenters. The second-order valence-corrected chi connectivity index (χ2v) is 5.20. The van der Waals surface area contributed by atoms with Gasteiger partial charge >= 0.3 is 5.69 Å². The molecule has 0 bridgehead atoms. The maximum atomic E-state index is 12.4. The molecule has 1 aromatic heterocycles. The van der Waals surface area contributed by atoms with Crippen LogP contribution in [0.5, 0.6) is 5.75 Å². The molecule has 1 rings (SSSR count). The fourth-order valence-corrected chi connectivity index (χ4v) is 2.23. The van der Waals surface area contributed by atoms with E-state index in [1.165, 1.54) is 0 Å². The standard InChI is InChI=1S/C6H3ClF2N2O5S/c7-17(15,16)5-2(12)1-10-3(6(8)9)4(5)11(13)14/h1,6,12H. The summed E-state index contributed by atoms with van der Waals surface area (Å²) in [6, 6.07) is 0. The molecule has 94 valence electrons. The predicted molar refractivity (Wildman–Crippen MR) is 50.6 cm³/mol. The molecule has 0 fully saturated rings. The first-order valence-corrected chi connectivity index (χ1v) is 6.06. The van der Waals surface area contributed by atoms with E-state index in [1.807, 2.05) is 0 Å². The maximum Gasteiger partial charge on any atom is 0.320 e. The van der Waals surface area contributed by atoms with Crippen molar-refractivity contribution in [2.45, 2.75) is 11.3 Å². The van der Waals surface area contributed by atoms with Crippen LogP contribution in [0.25, 0.3) is 0 Å². The molecule has 0 aliphatic carbocycles. The zero-order chi connectivity index (χ0) is 13.4. The topological polar surface area (TPSA) is 110 Å². The second kappa shape index (κ2) is 4.37. The number of hydrogen-bond acceptors (Lipinski definition) is 6. The normalized spacial score (nSPS) is 11.8. The Balaban J connectivity index is 3.80. The number of nitrogens with zero attached hydrogens (tertiary/aromatic N) is 2. The number of nitro groups is 1. The van der Waals surface area contributed by atoms with Crippen molar-refractivity contribution in [2.75, 3.05) is 0 Å². The van der Waals surface area contributed by atoms with Gasteiger partial charge in [0, 0.05) is 10.7 Å². The van der Waals surface area contributed by atoms with Crippen molar-refractivity contribution in [2.24, 2.45) is 0 Å². The van der Waals surface area contributed by atoms with Crippen molar-refractivity contribution in [3.8, 4) is 5.75 Å². The summed E-state index contributed by atoms with van der Waals surface area (Å²) in [4.78, 5) is 10.7. The summed E-state index contributed by atoms with van der Waals surface area (Å²) in [5.74, 6) is -1.17. The first-order valence-electron chi connectivity index (χ1n) is 3.75. The molecular weight excluding hydrogens is 286 g/mol. The molecule has 0 aliphatic heterocycles. The van der Waals surface area contributed by atoms with Crippen molar-refractivity contribution in [1.29, 1.82) is 0 Å². The van der Waals surface area contributed by atoms with Crippen LogP contribution in [0.2, 0.25) is 0 Å². The molecule has 0 atom stereocenters. The van der Waals surface area contributed by atoms with Crippen LogP contribution in [-0.4, -0.2) is 23.4 Å². The number of halogens is 3. The molecule has 0 amide bonds. The highest BCUT2D eigenvalue weighted by atomic mass is 35.7. The number of alkyl halides is 2. The Morgan fingerprint density at radius 2 is 2.06 bits per heavy atom. The van der Waals surface area contributed by atoms with E-state index in [4.69, 9.17) is 15.8 Å². The molecule has 0 saturated carbocycles. The number of rotatable bonds is 3. The van der Waals surface area contributed by atoms with Gasteiger partial charge in [0.15, 0.2) is 11.4 Å². The minimum Gasteiger partial charge on any atom is -0.505 e. The smallest absolute Gasteiger partial charge is 0.320 e. The lowest BCUT2D eigenvalue weighted by Crippen LogP contribution is -2.06. The molecule has 0 aromatic carbocycles. The van der Waals surface area contributed by atoms with Gasteiger partial charge in [-0.3, -0.25) is 10.1 Å².